The first-order chi connectivity index (χ1) is 6.41. The van der Waals surface area contributed by atoms with E-state index in [2.05, 4.69) is 0 Å². The van der Waals surface area contributed by atoms with E-state index in [4.69, 9.17) is 16.3 Å². The van der Waals surface area contributed by atoms with Crippen molar-refractivity contribution < 1.29 is 8.42 Å². The standard InChI is InChI=1S/C7H5N3O2S2/c1-14(11,12)7-4(2-8)6(10)5(3-9)13-7/h10H2,1H3. The maximum absolute atomic E-state index is 11.2. The van der Waals surface area contributed by atoms with Gasteiger partial charge in [-0.25, -0.2) is 8.42 Å². The van der Waals surface area contributed by atoms with Crippen LogP contribution < -0.4 is 5.73 Å². The SMILES string of the molecule is CS(=O)(=O)c1sc(C#N)c(N)c1C#N. The molecule has 0 radical (unpaired) electrons. The Balaban J connectivity index is 3.66. The molecule has 0 aliphatic carbocycles. The third-order valence-electron chi connectivity index (χ3n) is 1.46. The molecule has 1 heterocycles. The molecule has 0 bridgehead atoms. The summed E-state index contributed by atoms with van der Waals surface area (Å²) in [5.74, 6) is 0. The summed E-state index contributed by atoms with van der Waals surface area (Å²) in [6, 6.07) is 3.42. The summed E-state index contributed by atoms with van der Waals surface area (Å²) in [5.41, 5.74) is 5.24. The number of hydrogen-bond acceptors (Lipinski definition) is 6. The second-order valence-corrected chi connectivity index (χ2v) is 5.73. The third-order valence-corrected chi connectivity index (χ3v) is 4.40. The van der Waals surface area contributed by atoms with Gasteiger partial charge in [0.2, 0.25) is 0 Å². The lowest BCUT2D eigenvalue weighted by Gasteiger charge is -1.91. The molecule has 0 spiro atoms. The fourth-order valence-corrected chi connectivity index (χ4v) is 2.95. The first-order valence-electron chi connectivity index (χ1n) is 3.34. The average molecular weight is 227 g/mol. The highest BCUT2D eigenvalue weighted by atomic mass is 32.2. The van der Waals surface area contributed by atoms with Crippen LogP contribution >= 0.6 is 11.3 Å². The van der Waals surface area contributed by atoms with E-state index < -0.39 is 9.84 Å². The molecule has 0 aliphatic rings. The molecule has 0 atom stereocenters. The van der Waals surface area contributed by atoms with Crippen molar-refractivity contribution >= 4 is 26.9 Å². The molecule has 2 N–H and O–H groups in total. The zero-order valence-electron chi connectivity index (χ0n) is 7.10. The Kier molecular flexibility index (Phi) is 2.47. The minimum absolute atomic E-state index is 0.0552. The molecule has 1 aromatic heterocycles. The Hall–Kier alpha value is -1.57. The Labute approximate surface area is 84.9 Å². The minimum atomic E-state index is -3.49. The van der Waals surface area contributed by atoms with Crippen LogP contribution in [0, 0.1) is 22.7 Å². The number of anilines is 1. The molecule has 0 saturated heterocycles. The Morgan fingerprint density at radius 3 is 2.21 bits per heavy atom. The molecular weight excluding hydrogens is 222 g/mol. The van der Waals surface area contributed by atoms with Crippen molar-refractivity contribution in [3.63, 3.8) is 0 Å². The first-order valence-corrected chi connectivity index (χ1v) is 6.05. The zero-order valence-corrected chi connectivity index (χ0v) is 8.74. The molecule has 7 heteroatoms. The van der Waals surface area contributed by atoms with Crippen molar-refractivity contribution in [2.75, 3.05) is 12.0 Å². The monoisotopic (exact) mass is 227 g/mol. The summed E-state index contributed by atoms with van der Waals surface area (Å²) in [7, 11) is -3.49. The molecule has 0 fully saturated rings. The fourth-order valence-electron chi connectivity index (χ4n) is 0.872. The van der Waals surface area contributed by atoms with Gasteiger partial charge in [0.25, 0.3) is 0 Å². The first kappa shape index (κ1) is 10.5. The largest absolute Gasteiger partial charge is 0.396 e. The highest BCUT2D eigenvalue weighted by Gasteiger charge is 2.22. The van der Waals surface area contributed by atoms with Crippen LogP contribution in [0.1, 0.15) is 10.4 Å². The molecule has 5 nitrogen and oxygen atoms in total. The van der Waals surface area contributed by atoms with Gasteiger partial charge in [0.1, 0.15) is 26.8 Å². The number of thiophene rings is 1. The molecule has 0 amide bonds. The number of nitrogen functional groups attached to an aromatic ring is 1. The lowest BCUT2D eigenvalue weighted by molar-refractivity contribution is 0.603. The number of sulfone groups is 1. The number of nitriles is 2. The van der Waals surface area contributed by atoms with Gasteiger partial charge in [-0.05, 0) is 0 Å². The van der Waals surface area contributed by atoms with E-state index in [0.717, 1.165) is 17.6 Å². The van der Waals surface area contributed by atoms with E-state index >= 15 is 0 Å². The van der Waals surface area contributed by atoms with Crippen molar-refractivity contribution in [1.29, 1.82) is 10.5 Å². The topological polar surface area (TPSA) is 108 Å². The van der Waals surface area contributed by atoms with Crippen LogP contribution in [0.25, 0.3) is 0 Å². The summed E-state index contributed by atoms with van der Waals surface area (Å²) in [6.45, 7) is 0. The van der Waals surface area contributed by atoms with Gasteiger partial charge in [0, 0.05) is 6.26 Å². The van der Waals surface area contributed by atoms with Gasteiger partial charge in [-0.3, -0.25) is 0 Å². The molecule has 0 aromatic carbocycles. The van der Waals surface area contributed by atoms with Crippen LogP contribution in [-0.4, -0.2) is 14.7 Å². The summed E-state index contributed by atoms with van der Waals surface area (Å²) >= 11 is 0.721. The molecule has 72 valence electrons. The predicted octanol–water partition coefficient (Wildman–Crippen LogP) is 0.477. The van der Waals surface area contributed by atoms with E-state index in [9.17, 15) is 8.42 Å². The van der Waals surface area contributed by atoms with Crippen LogP contribution in [0.3, 0.4) is 0 Å². The van der Waals surface area contributed by atoms with Gasteiger partial charge in [-0.2, -0.15) is 10.5 Å². The second kappa shape index (κ2) is 3.29. The average Bonchev–Trinajstić information content (AvgIpc) is 2.41. The maximum atomic E-state index is 11.2. The van der Waals surface area contributed by atoms with Gasteiger partial charge in [0.05, 0.1) is 5.69 Å². The summed E-state index contributed by atoms with van der Waals surface area (Å²) in [6.07, 6.45) is 0.972. The van der Waals surface area contributed by atoms with Gasteiger partial charge in [0.15, 0.2) is 9.84 Å². The van der Waals surface area contributed by atoms with Crippen LogP contribution in [-0.2, 0) is 9.84 Å². The maximum Gasteiger partial charge on any atom is 0.186 e. The molecule has 14 heavy (non-hydrogen) atoms. The predicted molar refractivity (Wildman–Crippen MR) is 51.3 cm³/mol. The Bertz CT molecular complexity index is 557. The van der Waals surface area contributed by atoms with Gasteiger partial charge >= 0.3 is 0 Å². The Morgan fingerprint density at radius 1 is 1.36 bits per heavy atom. The molecule has 0 saturated carbocycles. The smallest absolute Gasteiger partial charge is 0.186 e. The van der Waals surface area contributed by atoms with Crippen molar-refractivity contribution in [3.05, 3.63) is 10.4 Å². The van der Waals surface area contributed by atoms with Crippen LogP contribution in [0.4, 0.5) is 5.69 Å². The summed E-state index contributed by atoms with van der Waals surface area (Å²) in [5, 5.41) is 17.3. The van der Waals surface area contributed by atoms with E-state index in [1.807, 2.05) is 0 Å². The number of rotatable bonds is 1. The van der Waals surface area contributed by atoms with Crippen molar-refractivity contribution in [2.24, 2.45) is 0 Å². The highest BCUT2D eigenvalue weighted by molar-refractivity contribution is 7.92. The molecule has 1 rings (SSSR count). The van der Waals surface area contributed by atoms with E-state index in [-0.39, 0.29) is 20.3 Å². The lowest BCUT2D eigenvalue weighted by atomic mass is 10.3. The molecule has 0 aliphatic heterocycles. The third kappa shape index (κ3) is 1.55. The zero-order chi connectivity index (χ0) is 10.9. The fraction of sp³-hybridized carbons (Fsp3) is 0.143. The van der Waals surface area contributed by atoms with Crippen LogP contribution in [0.5, 0.6) is 0 Å². The minimum Gasteiger partial charge on any atom is -0.396 e. The summed E-state index contributed by atoms with van der Waals surface area (Å²) < 4.78 is 22.2. The van der Waals surface area contributed by atoms with Crippen molar-refractivity contribution in [3.8, 4) is 12.1 Å². The van der Waals surface area contributed by atoms with Crippen molar-refractivity contribution in [2.45, 2.75) is 4.21 Å². The number of hydrogen-bond donors (Lipinski definition) is 1. The highest BCUT2D eigenvalue weighted by Crippen LogP contribution is 2.33. The molecule has 1 aromatic rings. The van der Waals surface area contributed by atoms with Gasteiger partial charge in [-0.15, -0.1) is 11.3 Å². The molecule has 0 unspecified atom stereocenters. The van der Waals surface area contributed by atoms with E-state index in [1.54, 1.807) is 12.1 Å². The van der Waals surface area contributed by atoms with Gasteiger partial charge < -0.3 is 5.73 Å². The van der Waals surface area contributed by atoms with Gasteiger partial charge in [-0.1, -0.05) is 0 Å². The normalized spacial score (nSPS) is 10.5. The summed E-state index contributed by atoms with van der Waals surface area (Å²) in [4.78, 5) is 0.0574. The lowest BCUT2D eigenvalue weighted by Crippen LogP contribution is -1.97. The van der Waals surface area contributed by atoms with E-state index in [0.29, 0.717) is 0 Å². The second-order valence-electron chi connectivity index (χ2n) is 2.50. The van der Waals surface area contributed by atoms with Crippen molar-refractivity contribution in [1.82, 2.24) is 0 Å². The number of nitrogens with two attached hydrogens (primary N) is 1. The Morgan fingerprint density at radius 2 is 1.93 bits per heavy atom. The van der Waals surface area contributed by atoms with E-state index in [1.165, 1.54) is 0 Å². The van der Waals surface area contributed by atoms with Crippen LogP contribution in [0.15, 0.2) is 4.21 Å². The quantitative estimate of drug-likeness (QED) is 0.750. The molecular formula is C7H5N3O2S2. The number of nitrogens with zero attached hydrogens (tertiary/aromatic N) is 2. The van der Waals surface area contributed by atoms with Crippen LogP contribution in [0.2, 0.25) is 0 Å².